The molecule has 2 aromatic carbocycles. The zero-order valence-electron chi connectivity index (χ0n) is 20.1. The number of benzene rings is 2. The van der Waals surface area contributed by atoms with E-state index in [-0.39, 0.29) is 22.4 Å². The van der Waals surface area contributed by atoms with Crippen LogP contribution in [0.2, 0.25) is 0 Å². The summed E-state index contributed by atoms with van der Waals surface area (Å²) >= 11 is 0. The summed E-state index contributed by atoms with van der Waals surface area (Å²) in [4.78, 5) is 26.0. The van der Waals surface area contributed by atoms with E-state index in [1.165, 1.54) is 0 Å². The fraction of sp³-hybridized carbons (Fsp3) is 0.500. The van der Waals surface area contributed by atoms with Crippen molar-refractivity contribution in [2.24, 2.45) is 5.92 Å². The molecule has 1 saturated carbocycles. The first kappa shape index (κ1) is 23.9. The van der Waals surface area contributed by atoms with Crippen LogP contribution in [0.5, 0.6) is 11.5 Å². The topological polar surface area (TPSA) is 93.9 Å². The molecule has 0 spiro atoms. The molecule has 182 valence electrons. The largest absolute Gasteiger partial charge is 0.457 e. The van der Waals surface area contributed by atoms with Gasteiger partial charge in [-0.05, 0) is 76.5 Å². The Kier molecular flexibility index (Phi) is 6.95. The first-order valence-corrected chi connectivity index (χ1v) is 12.0. The molecule has 1 saturated heterocycles. The van der Waals surface area contributed by atoms with Crippen molar-refractivity contribution in [3.63, 3.8) is 0 Å². The van der Waals surface area contributed by atoms with Gasteiger partial charge in [-0.1, -0.05) is 18.2 Å². The highest BCUT2D eigenvalue weighted by Gasteiger charge is 2.37. The summed E-state index contributed by atoms with van der Waals surface area (Å²) in [5, 5.41) is 14.9. The second-order valence-corrected chi connectivity index (χ2v) is 10.1. The third-order valence-corrected chi connectivity index (χ3v) is 6.08. The van der Waals surface area contributed by atoms with Gasteiger partial charge in [-0.25, -0.2) is 4.79 Å². The Morgan fingerprint density at radius 1 is 1.15 bits per heavy atom. The monoisotopic (exact) mass is 467 g/mol. The number of amides is 1. The summed E-state index contributed by atoms with van der Waals surface area (Å²) in [7, 11) is 0. The quantitative estimate of drug-likeness (QED) is 0.396. The lowest BCUT2D eigenvalue weighted by Crippen LogP contribution is -2.42. The highest BCUT2D eigenvalue weighted by molar-refractivity contribution is 5.74. The van der Waals surface area contributed by atoms with Gasteiger partial charge in [0.15, 0.2) is 0 Å². The first-order chi connectivity index (χ1) is 16.2. The molecular formula is C26H33N3O5. The number of nitrogens with one attached hydrogen (secondary N) is 1. The number of hydrogen-bond donors (Lipinski definition) is 1. The average Bonchev–Trinajstić information content (AvgIpc) is 3.62. The average molecular weight is 468 g/mol. The van der Waals surface area contributed by atoms with Gasteiger partial charge in [0.25, 0.3) is 5.69 Å². The number of alkyl carbamates (subject to hydrolysis) is 1. The molecule has 0 aromatic heterocycles. The van der Waals surface area contributed by atoms with E-state index in [1.54, 1.807) is 12.1 Å². The molecule has 1 aliphatic heterocycles. The standard InChI is InChI=1S/C26H33N3O5/c1-26(2,3)34-25(30)27-16-18-8-7-15-28(17-18)24-21(29(31)32)13-14-22(23(24)19-11-12-19)33-20-9-5-4-6-10-20/h4-6,9-10,13-14,18-19H,7-8,11-12,15-17H2,1-3H3,(H,27,30)/t18-/m0/s1. The molecule has 0 unspecified atom stereocenters. The molecule has 2 fully saturated rings. The molecule has 8 heteroatoms. The molecule has 2 aliphatic rings. The molecular weight excluding hydrogens is 434 g/mol. The molecule has 1 atom stereocenters. The Balaban J connectivity index is 1.58. The summed E-state index contributed by atoms with van der Waals surface area (Å²) in [6.45, 7) is 7.33. The van der Waals surface area contributed by atoms with Crippen LogP contribution in [-0.4, -0.2) is 36.3 Å². The maximum absolute atomic E-state index is 12.1. The Morgan fingerprint density at radius 2 is 1.88 bits per heavy atom. The van der Waals surface area contributed by atoms with E-state index in [9.17, 15) is 14.9 Å². The predicted octanol–water partition coefficient (Wildman–Crippen LogP) is 6.01. The third-order valence-electron chi connectivity index (χ3n) is 6.08. The molecule has 2 aromatic rings. The lowest BCUT2D eigenvalue weighted by molar-refractivity contribution is -0.384. The fourth-order valence-electron chi connectivity index (χ4n) is 4.51. The number of hydrogen-bond acceptors (Lipinski definition) is 6. The van der Waals surface area contributed by atoms with Crippen LogP contribution in [0.1, 0.15) is 57.9 Å². The molecule has 34 heavy (non-hydrogen) atoms. The smallest absolute Gasteiger partial charge is 0.407 e. The van der Waals surface area contributed by atoms with E-state index in [0.29, 0.717) is 30.3 Å². The molecule has 1 aliphatic carbocycles. The number of carbonyl (C=O) groups is 1. The maximum atomic E-state index is 12.1. The Labute approximate surface area is 200 Å². The van der Waals surface area contributed by atoms with E-state index in [4.69, 9.17) is 9.47 Å². The van der Waals surface area contributed by atoms with Crippen molar-refractivity contribution in [1.29, 1.82) is 0 Å². The van der Waals surface area contributed by atoms with Crippen LogP contribution in [0.25, 0.3) is 0 Å². The summed E-state index contributed by atoms with van der Waals surface area (Å²) in [6, 6.07) is 12.8. The number of carbonyl (C=O) groups excluding carboxylic acids is 1. The zero-order valence-corrected chi connectivity index (χ0v) is 20.1. The summed E-state index contributed by atoms with van der Waals surface area (Å²) < 4.78 is 11.6. The molecule has 0 bridgehead atoms. The van der Waals surface area contributed by atoms with Crippen molar-refractivity contribution in [3.05, 3.63) is 58.1 Å². The van der Waals surface area contributed by atoms with Gasteiger partial charge in [-0.15, -0.1) is 0 Å². The van der Waals surface area contributed by atoms with Gasteiger partial charge in [0, 0.05) is 31.3 Å². The highest BCUT2D eigenvalue weighted by atomic mass is 16.6. The number of piperidine rings is 1. The van der Waals surface area contributed by atoms with E-state index < -0.39 is 11.7 Å². The Morgan fingerprint density at radius 3 is 2.53 bits per heavy atom. The molecule has 1 amide bonds. The van der Waals surface area contributed by atoms with Crippen molar-refractivity contribution < 1.29 is 19.2 Å². The minimum absolute atomic E-state index is 0.114. The van der Waals surface area contributed by atoms with Crippen LogP contribution in [-0.2, 0) is 4.74 Å². The van der Waals surface area contributed by atoms with Gasteiger partial charge in [0.05, 0.1) is 4.92 Å². The number of nitro benzene ring substituents is 1. The van der Waals surface area contributed by atoms with Crippen LogP contribution < -0.4 is 15.0 Å². The van der Waals surface area contributed by atoms with Crippen LogP contribution in [0.3, 0.4) is 0 Å². The second kappa shape index (κ2) is 9.91. The summed E-state index contributed by atoms with van der Waals surface area (Å²) in [6.07, 6.45) is 3.39. The van der Waals surface area contributed by atoms with Crippen LogP contribution in [0, 0.1) is 16.0 Å². The van der Waals surface area contributed by atoms with E-state index >= 15 is 0 Å². The van der Waals surface area contributed by atoms with Gasteiger partial charge in [0.1, 0.15) is 22.8 Å². The SMILES string of the molecule is CC(C)(C)OC(=O)NC[C@@H]1CCCN(c2c([N+](=O)[O-])ccc(Oc3ccccc3)c2C2CC2)C1. The van der Waals surface area contributed by atoms with Crippen LogP contribution in [0.15, 0.2) is 42.5 Å². The van der Waals surface area contributed by atoms with E-state index in [0.717, 1.165) is 37.8 Å². The summed E-state index contributed by atoms with van der Waals surface area (Å²) in [5.41, 5.74) is 1.16. The van der Waals surface area contributed by atoms with Crippen LogP contribution >= 0.6 is 0 Å². The number of anilines is 1. The summed E-state index contributed by atoms with van der Waals surface area (Å²) in [5.74, 6) is 1.83. The van der Waals surface area contributed by atoms with Gasteiger partial charge in [-0.3, -0.25) is 10.1 Å². The second-order valence-electron chi connectivity index (χ2n) is 10.1. The highest BCUT2D eigenvalue weighted by Crippen LogP contribution is 2.53. The van der Waals surface area contributed by atoms with Crippen molar-refractivity contribution >= 4 is 17.5 Å². The lowest BCUT2D eigenvalue weighted by atomic mass is 9.95. The predicted molar refractivity (Wildman–Crippen MR) is 131 cm³/mol. The van der Waals surface area contributed by atoms with Gasteiger partial charge in [-0.2, -0.15) is 0 Å². The number of rotatable bonds is 7. The maximum Gasteiger partial charge on any atom is 0.407 e. The molecule has 0 radical (unpaired) electrons. The Hall–Kier alpha value is -3.29. The molecule has 1 N–H and O–H groups in total. The van der Waals surface area contributed by atoms with E-state index in [2.05, 4.69) is 10.2 Å². The number of nitrogens with zero attached hydrogens (tertiary/aromatic N) is 2. The zero-order chi connectivity index (χ0) is 24.3. The number of nitro groups is 1. The Bertz CT molecular complexity index is 1030. The van der Waals surface area contributed by atoms with Crippen molar-refractivity contribution in [2.45, 2.75) is 58.0 Å². The molecule has 4 rings (SSSR count). The van der Waals surface area contributed by atoms with Gasteiger partial charge >= 0.3 is 6.09 Å². The minimum atomic E-state index is -0.554. The normalized spacial score (nSPS) is 18.3. The van der Waals surface area contributed by atoms with Crippen molar-refractivity contribution in [1.82, 2.24) is 5.32 Å². The number of para-hydroxylation sites is 1. The van der Waals surface area contributed by atoms with Crippen molar-refractivity contribution in [2.75, 3.05) is 24.5 Å². The number of ether oxygens (including phenoxy) is 2. The molecule has 8 nitrogen and oxygen atoms in total. The first-order valence-electron chi connectivity index (χ1n) is 12.0. The van der Waals surface area contributed by atoms with Gasteiger partial charge < -0.3 is 19.7 Å². The third kappa shape index (κ3) is 5.98. The minimum Gasteiger partial charge on any atom is -0.457 e. The fourth-order valence-corrected chi connectivity index (χ4v) is 4.51. The molecule has 1 heterocycles. The van der Waals surface area contributed by atoms with E-state index in [1.807, 2.05) is 51.1 Å². The van der Waals surface area contributed by atoms with Gasteiger partial charge in [0.2, 0.25) is 0 Å². The van der Waals surface area contributed by atoms with Crippen LogP contribution in [0.4, 0.5) is 16.2 Å². The van der Waals surface area contributed by atoms with Crippen molar-refractivity contribution in [3.8, 4) is 11.5 Å². The lowest BCUT2D eigenvalue weighted by Gasteiger charge is -2.35.